The van der Waals surface area contributed by atoms with E-state index in [1.807, 2.05) is 18.2 Å². The fourth-order valence-electron chi connectivity index (χ4n) is 1.53. The third kappa shape index (κ3) is 2.22. The number of hydrogen-bond donors (Lipinski definition) is 0. The Kier molecular flexibility index (Phi) is 3.34. The minimum Gasteiger partial charge on any atom is -0.342 e. The van der Waals surface area contributed by atoms with Crippen molar-refractivity contribution in [2.24, 2.45) is 0 Å². The van der Waals surface area contributed by atoms with E-state index in [0.29, 0.717) is 16.5 Å². The van der Waals surface area contributed by atoms with E-state index in [1.165, 1.54) is 4.90 Å². The van der Waals surface area contributed by atoms with Crippen molar-refractivity contribution in [3.8, 4) is 5.69 Å². The van der Waals surface area contributed by atoms with E-state index in [2.05, 4.69) is 10.1 Å². The molecule has 2 rings (SSSR count). The molecule has 0 radical (unpaired) electrons. The molecule has 1 amide bonds. The number of halogens is 1. The highest BCUT2D eigenvalue weighted by Crippen LogP contribution is 2.20. The largest absolute Gasteiger partial charge is 0.342 e. The summed E-state index contributed by atoms with van der Waals surface area (Å²) in [4.78, 5) is 17.4. The molecule has 0 N–H and O–H groups in total. The van der Waals surface area contributed by atoms with E-state index < -0.39 is 0 Å². The monoisotopic (exact) mass is 264 g/mol. The summed E-state index contributed by atoms with van der Waals surface area (Å²) < 4.78 is 1.57. The molecule has 0 aliphatic carbocycles. The van der Waals surface area contributed by atoms with Gasteiger partial charge in [-0.05, 0) is 19.1 Å². The molecule has 0 atom stereocenters. The number of amides is 1. The molecule has 0 unspecified atom stereocenters. The molecule has 0 spiro atoms. The van der Waals surface area contributed by atoms with E-state index in [0.717, 1.165) is 0 Å². The molecule has 18 heavy (non-hydrogen) atoms. The highest BCUT2D eigenvalue weighted by Gasteiger charge is 2.17. The first kappa shape index (κ1) is 12.6. The van der Waals surface area contributed by atoms with E-state index in [-0.39, 0.29) is 11.7 Å². The molecular weight excluding hydrogens is 252 g/mol. The highest BCUT2D eigenvalue weighted by atomic mass is 35.5. The van der Waals surface area contributed by atoms with Crippen LogP contribution in [0.5, 0.6) is 0 Å². The fraction of sp³-hybridized carbons (Fsp3) is 0.250. The Bertz CT molecular complexity index is 592. The molecule has 0 bridgehead atoms. The molecule has 0 saturated carbocycles. The molecule has 0 fully saturated rings. The number of carbonyl (C=O) groups is 1. The summed E-state index contributed by atoms with van der Waals surface area (Å²) in [5.41, 5.74) is 0.710. The average molecular weight is 265 g/mol. The number of hydrogen-bond acceptors (Lipinski definition) is 3. The van der Waals surface area contributed by atoms with Crippen LogP contribution in [0.3, 0.4) is 0 Å². The summed E-state index contributed by atoms with van der Waals surface area (Å²) >= 11 is 6.10. The third-order valence-corrected chi connectivity index (χ3v) is 2.77. The van der Waals surface area contributed by atoms with Crippen molar-refractivity contribution < 1.29 is 4.79 Å². The van der Waals surface area contributed by atoms with Gasteiger partial charge in [0, 0.05) is 14.1 Å². The maximum atomic E-state index is 11.8. The van der Waals surface area contributed by atoms with Crippen LogP contribution in [0.1, 0.15) is 16.4 Å². The molecule has 1 aromatic heterocycles. The van der Waals surface area contributed by atoms with Crippen molar-refractivity contribution in [1.29, 1.82) is 0 Å². The summed E-state index contributed by atoms with van der Waals surface area (Å²) in [5.74, 6) is 0.551. The van der Waals surface area contributed by atoms with Crippen LogP contribution in [0, 0.1) is 6.92 Å². The third-order valence-electron chi connectivity index (χ3n) is 2.45. The second kappa shape index (κ2) is 4.78. The van der Waals surface area contributed by atoms with Gasteiger partial charge in [-0.3, -0.25) is 4.79 Å². The Labute approximate surface area is 110 Å². The molecule has 0 aliphatic rings. The van der Waals surface area contributed by atoms with Crippen molar-refractivity contribution in [3.05, 3.63) is 40.9 Å². The smallest absolute Gasteiger partial charge is 0.293 e. The molecule has 6 heteroatoms. The maximum absolute atomic E-state index is 11.8. The normalized spacial score (nSPS) is 10.4. The molecule has 0 aliphatic heterocycles. The van der Waals surface area contributed by atoms with Crippen LogP contribution < -0.4 is 0 Å². The van der Waals surface area contributed by atoms with E-state index >= 15 is 0 Å². The van der Waals surface area contributed by atoms with Gasteiger partial charge in [-0.15, -0.1) is 5.10 Å². The molecule has 1 aromatic carbocycles. The number of carbonyl (C=O) groups excluding carboxylic acids is 1. The van der Waals surface area contributed by atoms with Gasteiger partial charge >= 0.3 is 0 Å². The second-order valence-electron chi connectivity index (χ2n) is 4.05. The topological polar surface area (TPSA) is 51.0 Å². The Morgan fingerprint density at radius 1 is 1.33 bits per heavy atom. The highest BCUT2D eigenvalue weighted by molar-refractivity contribution is 6.32. The number of benzene rings is 1. The zero-order chi connectivity index (χ0) is 13.3. The predicted molar refractivity (Wildman–Crippen MR) is 69.1 cm³/mol. The van der Waals surface area contributed by atoms with E-state index in [1.54, 1.807) is 31.8 Å². The number of rotatable bonds is 2. The van der Waals surface area contributed by atoms with Crippen LogP contribution in [0.25, 0.3) is 5.69 Å². The lowest BCUT2D eigenvalue weighted by atomic mass is 10.3. The van der Waals surface area contributed by atoms with Crippen LogP contribution >= 0.6 is 11.6 Å². The van der Waals surface area contributed by atoms with Gasteiger partial charge in [0.25, 0.3) is 5.91 Å². The van der Waals surface area contributed by atoms with Crippen molar-refractivity contribution >= 4 is 17.5 Å². The summed E-state index contributed by atoms with van der Waals surface area (Å²) in [6.45, 7) is 1.78. The van der Waals surface area contributed by atoms with Gasteiger partial charge in [0.05, 0.1) is 10.7 Å². The molecule has 5 nitrogen and oxygen atoms in total. The minimum absolute atomic E-state index is 0.164. The SMILES string of the molecule is Cc1nc(C(=O)N(C)C)nn1-c1ccccc1Cl. The van der Waals surface area contributed by atoms with Gasteiger partial charge in [-0.25, -0.2) is 9.67 Å². The Balaban J connectivity index is 2.48. The Hall–Kier alpha value is -1.88. The van der Waals surface area contributed by atoms with Gasteiger partial charge in [0.2, 0.25) is 5.82 Å². The minimum atomic E-state index is -0.232. The summed E-state index contributed by atoms with van der Waals surface area (Å²) in [6, 6.07) is 7.29. The average Bonchev–Trinajstić information content (AvgIpc) is 2.71. The summed E-state index contributed by atoms with van der Waals surface area (Å²) in [7, 11) is 3.32. The van der Waals surface area contributed by atoms with Crippen molar-refractivity contribution in [2.45, 2.75) is 6.92 Å². The number of aromatic nitrogens is 3. The lowest BCUT2D eigenvalue weighted by Gasteiger charge is -2.06. The molecular formula is C12H13ClN4O. The zero-order valence-electron chi connectivity index (χ0n) is 10.4. The molecule has 2 aromatic rings. The van der Waals surface area contributed by atoms with Gasteiger partial charge < -0.3 is 4.90 Å². The van der Waals surface area contributed by atoms with Crippen molar-refractivity contribution in [2.75, 3.05) is 14.1 Å². The lowest BCUT2D eigenvalue weighted by Crippen LogP contribution is -2.23. The molecule has 94 valence electrons. The Morgan fingerprint density at radius 3 is 2.61 bits per heavy atom. The van der Waals surface area contributed by atoms with Crippen molar-refractivity contribution in [1.82, 2.24) is 19.7 Å². The van der Waals surface area contributed by atoms with Crippen molar-refractivity contribution in [3.63, 3.8) is 0 Å². The van der Waals surface area contributed by atoms with Crippen LogP contribution in [-0.2, 0) is 0 Å². The Morgan fingerprint density at radius 2 is 2.00 bits per heavy atom. The van der Waals surface area contributed by atoms with Gasteiger partial charge in [0.15, 0.2) is 0 Å². The fourth-order valence-corrected chi connectivity index (χ4v) is 1.75. The summed E-state index contributed by atoms with van der Waals surface area (Å²) in [6.07, 6.45) is 0. The van der Waals surface area contributed by atoms with Gasteiger partial charge in [0.1, 0.15) is 5.82 Å². The molecule has 0 saturated heterocycles. The first-order valence-electron chi connectivity index (χ1n) is 5.41. The van der Waals surface area contributed by atoms with Gasteiger partial charge in [-0.2, -0.15) is 0 Å². The first-order chi connectivity index (χ1) is 8.50. The van der Waals surface area contributed by atoms with Gasteiger partial charge in [-0.1, -0.05) is 23.7 Å². The number of nitrogens with zero attached hydrogens (tertiary/aromatic N) is 4. The number of aryl methyl sites for hydroxylation is 1. The molecule has 1 heterocycles. The van der Waals surface area contributed by atoms with Crippen LogP contribution in [0.4, 0.5) is 0 Å². The number of para-hydroxylation sites is 1. The second-order valence-corrected chi connectivity index (χ2v) is 4.45. The van der Waals surface area contributed by atoms with E-state index in [4.69, 9.17) is 11.6 Å². The van der Waals surface area contributed by atoms with Crippen LogP contribution in [0.15, 0.2) is 24.3 Å². The lowest BCUT2D eigenvalue weighted by molar-refractivity contribution is 0.0816. The first-order valence-corrected chi connectivity index (χ1v) is 5.78. The predicted octanol–water partition coefficient (Wildman–Crippen LogP) is 1.93. The maximum Gasteiger partial charge on any atom is 0.293 e. The van der Waals surface area contributed by atoms with E-state index in [9.17, 15) is 4.79 Å². The summed E-state index contributed by atoms with van der Waals surface area (Å²) in [5, 5.41) is 4.76. The zero-order valence-corrected chi connectivity index (χ0v) is 11.1. The van der Waals surface area contributed by atoms with Crippen LogP contribution in [0.2, 0.25) is 5.02 Å². The standard InChI is InChI=1S/C12H13ClN4O/c1-8-14-11(12(18)16(2)3)15-17(8)10-7-5-4-6-9(10)13/h4-7H,1-3H3. The van der Waals surface area contributed by atoms with Crippen LogP contribution in [-0.4, -0.2) is 39.7 Å². The quantitative estimate of drug-likeness (QED) is 0.833.